The van der Waals surface area contributed by atoms with Gasteiger partial charge in [-0.1, -0.05) is 18.2 Å². The van der Waals surface area contributed by atoms with E-state index < -0.39 is 4.92 Å². The van der Waals surface area contributed by atoms with E-state index in [0.29, 0.717) is 18.3 Å². The average Bonchev–Trinajstić information content (AvgIpc) is 3.11. The molecule has 0 fully saturated rings. The minimum Gasteiger partial charge on any atom is -0.400 e. The lowest BCUT2D eigenvalue weighted by atomic mass is 10.3. The van der Waals surface area contributed by atoms with Gasteiger partial charge in [-0.15, -0.1) is 6.58 Å². The molecule has 110 valence electrons. The Morgan fingerprint density at radius 3 is 2.91 bits per heavy atom. The van der Waals surface area contributed by atoms with Gasteiger partial charge in [0.25, 0.3) is 0 Å². The largest absolute Gasteiger partial charge is 0.433 e. The van der Waals surface area contributed by atoms with Crippen molar-refractivity contribution in [2.45, 2.75) is 6.54 Å². The van der Waals surface area contributed by atoms with Crippen molar-refractivity contribution in [3.8, 4) is 0 Å². The molecule has 2 heterocycles. The predicted octanol–water partition coefficient (Wildman–Crippen LogP) is 3.47. The van der Waals surface area contributed by atoms with Crippen LogP contribution in [0.4, 0.5) is 11.8 Å². The Morgan fingerprint density at radius 2 is 2.18 bits per heavy atom. The number of nitro groups is 1. The van der Waals surface area contributed by atoms with E-state index >= 15 is 0 Å². The Morgan fingerprint density at radius 1 is 1.36 bits per heavy atom. The highest BCUT2D eigenvalue weighted by Gasteiger charge is 2.11. The molecule has 0 saturated carbocycles. The normalized spacial score (nSPS) is 11.3. The number of benzene rings is 1. The summed E-state index contributed by atoms with van der Waals surface area (Å²) in [4.78, 5) is 18.7. The molecule has 0 amide bonds. The summed E-state index contributed by atoms with van der Waals surface area (Å²) in [5.74, 6) is 0.463. The number of hydrogen-bond acceptors (Lipinski definition) is 5. The molecule has 0 saturated heterocycles. The van der Waals surface area contributed by atoms with Crippen molar-refractivity contribution in [1.29, 1.82) is 0 Å². The third-order valence-corrected chi connectivity index (χ3v) is 3.05. The van der Waals surface area contributed by atoms with Crippen molar-refractivity contribution < 1.29 is 9.34 Å². The third kappa shape index (κ3) is 2.51. The molecule has 0 aliphatic carbocycles. The van der Waals surface area contributed by atoms with Crippen molar-refractivity contribution >= 4 is 29.1 Å². The lowest BCUT2D eigenvalue weighted by molar-refractivity contribution is -0.402. The summed E-state index contributed by atoms with van der Waals surface area (Å²) in [5, 5.41) is 10.6. The lowest BCUT2D eigenvalue weighted by Crippen LogP contribution is -1.94. The summed E-state index contributed by atoms with van der Waals surface area (Å²) in [6, 6.07) is 10.4. The second-order valence-corrected chi connectivity index (χ2v) is 4.49. The van der Waals surface area contributed by atoms with Gasteiger partial charge >= 0.3 is 5.88 Å². The number of nitrogens with zero attached hydrogens (tertiary/aromatic N) is 4. The quantitative estimate of drug-likeness (QED) is 0.312. The molecule has 0 bridgehead atoms. The van der Waals surface area contributed by atoms with Gasteiger partial charge in [-0.2, -0.15) is 0 Å². The van der Waals surface area contributed by atoms with Crippen LogP contribution in [0.3, 0.4) is 0 Å². The first-order valence-electron chi connectivity index (χ1n) is 6.53. The summed E-state index contributed by atoms with van der Waals surface area (Å²) in [6.45, 7) is 4.29. The first kappa shape index (κ1) is 13.7. The highest BCUT2D eigenvalue weighted by Crippen LogP contribution is 2.22. The molecule has 0 radical (unpaired) electrons. The summed E-state index contributed by atoms with van der Waals surface area (Å²) in [5.41, 5.74) is 1.77. The van der Waals surface area contributed by atoms with Crippen molar-refractivity contribution in [3.63, 3.8) is 0 Å². The van der Waals surface area contributed by atoms with E-state index in [1.807, 2.05) is 28.8 Å². The third-order valence-electron chi connectivity index (χ3n) is 3.05. The van der Waals surface area contributed by atoms with Crippen LogP contribution in [0.2, 0.25) is 0 Å². The molecule has 0 aliphatic rings. The number of fused-ring (bicyclic) bond motifs is 1. The molecule has 0 N–H and O–H groups in total. The van der Waals surface area contributed by atoms with Crippen LogP contribution in [0.25, 0.3) is 11.0 Å². The Bertz CT molecular complexity index is 876. The second kappa shape index (κ2) is 5.65. The van der Waals surface area contributed by atoms with Crippen LogP contribution >= 0.6 is 0 Å². The molecule has 0 spiro atoms. The Balaban J connectivity index is 1.98. The van der Waals surface area contributed by atoms with E-state index in [2.05, 4.69) is 16.6 Å². The standard InChI is InChI=1S/C15H12N4O3/c1-2-9-18-13-6-4-3-5-12(13)17-15(18)16-10-11-7-8-14(22-11)19(20)21/h2-8,10H,1,9H2/b16-10+. The zero-order valence-corrected chi connectivity index (χ0v) is 11.5. The van der Waals surface area contributed by atoms with Crippen LogP contribution in [-0.2, 0) is 6.54 Å². The molecule has 22 heavy (non-hydrogen) atoms. The molecule has 0 aliphatic heterocycles. The number of imidazole rings is 1. The highest BCUT2D eigenvalue weighted by atomic mass is 16.6. The fourth-order valence-electron chi connectivity index (χ4n) is 2.10. The first-order chi connectivity index (χ1) is 10.7. The maximum absolute atomic E-state index is 10.6. The number of furan rings is 1. The van der Waals surface area contributed by atoms with E-state index in [-0.39, 0.29) is 5.88 Å². The highest BCUT2D eigenvalue weighted by molar-refractivity contribution is 5.82. The van der Waals surface area contributed by atoms with Gasteiger partial charge in [-0.3, -0.25) is 10.1 Å². The monoisotopic (exact) mass is 296 g/mol. The Kier molecular flexibility index (Phi) is 3.53. The van der Waals surface area contributed by atoms with E-state index in [1.165, 1.54) is 18.3 Å². The van der Waals surface area contributed by atoms with Gasteiger partial charge < -0.3 is 8.98 Å². The van der Waals surface area contributed by atoms with Gasteiger partial charge in [0, 0.05) is 6.54 Å². The van der Waals surface area contributed by atoms with Crippen LogP contribution in [0.1, 0.15) is 5.76 Å². The van der Waals surface area contributed by atoms with Crippen molar-refractivity contribution in [2.24, 2.45) is 4.99 Å². The van der Waals surface area contributed by atoms with Gasteiger partial charge in [-0.05, 0) is 18.2 Å². The average molecular weight is 296 g/mol. The maximum atomic E-state index is 10.6. The molecule has 2 aromatic heterocycles. The zero-order valence-electron chi connectivity index (χ0n) is 11.5. The summed E-state index contributed by atoms with van der Waals surface area (Å²) in [6.07, 6.45) is 3.17. The molecular weight excluding hydrogens is 284 g/mol. The van der Waals surface area contributed by atoms with Gasteiger partial charge in [0.2, 0.25) is 5.95 Å². The van der Waals surface area contributed by atoms with E-state index in [9.17, 15) is 10.1 Å². The molecule has 7 nitrogen and oxygen atoms in total. The van der Waals surface area contributed by atoms with Crippen LogP contribution in [0, 0.1) is 10.1 Å². The summed E-state index contributed by atoms with van der Waals surface area (Å²) < 4.78 is 6.93. The summed E-state index contributed by atoms with van der Waals surface area (Å²) in [7, 11) is 0. The van der Waals surface area contributed by atoms with Gasteiger partial charge in [0.15, 0.2) is 5.76 Å². The molecule has 3 aromatic rings. The molecule has 0 atom stereocenters. The molecule has 7 heteroatoms. The smallest absolute Gasteiger partial charge is 0.400 e. The van der Waals surface area contributed by atoms with E-state index in [1.54, 1.807) is 6.08 Å². The fourth-order valence-corrected chi connectivity index (χ4v) is 2.10. The first-order valence-corrected chi connectivity index (χ1v) is 6.53. The number of aromatic nitrogens is 2. The van der Waals surface area contributed by atoms with Gasteiger partial charge in [0.1, 0.15) is 4.92 Å². The van der Waals surface area contributed by atoms with Gasteiger partial charge in [-0.25, -0.2) is 9.98 Å². The fraction of sp³-hybridized carbons (Fsp3) is 0.0667. The zero-order chi connectivity index (χ0) is 15.5. The number of allylic oxidation sites excluding steroid dienone is 1. The minimum absolute atomic E-state index is 0.295. The molecule has 3 rings (SSSR count). The molecule has 1 aromatic carbocycles. The maximum Gasteiger partial charge on any atom is 0.433 e. The lowest BCUT2D eigenvalue weighted by Gasteiger charge is -2.01. The van der Waals surface area contributed by atoms with E-state index in [0.717, 1.165) is 11.0 Å². The van der Waals surface area contributed by atoms with Gasteiger partial charge in [0.05, 0.1) is 23.3 Å². The predicted molar refractivity (Wildman–Crippen MR) is 82.5 cm³/mol. The van der Waals surface area contributed by atoms with Crippen molar-refractivity contribution in [1.82, 2.24) is 9.55 Å². The summed E-state index contributed by atoms with van der Waals surface area (Å²) >= 11 is 0. The van der Waals surface area contributed by atoms with Crippen molar-refractivity contribution in [2.75, 3.05) is 0 Å². The minimum atomic E-state index is -0.593. The number of rotatable bonds is 5. The van der Waals surface area contributed by atoms with Crippen LogP contribution < -0.4 is 0 Å². The Labute approximate surface area is 125 Å². The second-order valence-electron chi connectivity index (χ2n) is 4.49. The molecular formula is C15H12N4O3. The van der Waals surface area contributed by atoms with E-state index in [4.69, 9.17) is 4.42 Å². The van der Waals surface area contributed by atoms with Crippen LogP contribution in [0.5, 0.6) is 0 Å². The van der Waals surface area contributed by atoms with Crippen molar-refractivity contribution in [3.05, 3.63) is 64.9 Å². The number of aliphatic imine (C=N–C) groups is 1. The van der Waals surface area contributed by atoms with Crippen LogP contribution in [0.15, 0.2) is 58.5 Å². The topological polar surface area (TPSA) is 86.5 Å². The SMILES string of the molecule is C=CCn1c(/N=C/c2ccc([N+](=O)[O-])o2)nc2ccccc21. The molecule has 0 unspecified atom stereocenters. The number of para-hydroxylation sites is 2. The van der Waals surface area contributed by atoms with Crippen LogP contribution in [-0.4, -0.2) is 20.7 Å². The number of hydrogen-bond donors (Lipinski definition) is 0. The Hall–Kier alpha value is -3.22.